The zero-order valence-corrected chi connectivity index (χ0v) is 32.8. The third-order valence-corrected chi connectivity index (χ3v) is 13.7. The van der Waals surface area contributed by atoms with Crippen molar-refractivity contribution < 1.29 is 24.2 Å². The normalized spacial score (nSPS) is 12.3. The summed E-state index contributed by atoms with van der Waals surface area (Å²) in [6.07, 6.45) is 3.86. The van der Waals surface area contributed by atoms with Gasteiger partial charge >= 0.3 is 99.8 Å². The monoisotopic (exact) mass is 894 g/mol. The van der Waals surface area contributed by atoms with Crippen LogP contribution >= 0.6 is 11.3 Å². The van der Waals surface area contributed by atoms with Gasteiger partial charge in [-0.05, 0) is 57.0 Å². The van der Waals surface area contributed by atoms with Gasteiger partial charge in [0.15, 0.2) is 0 Å². The summed E-state index contributed by atoms with van der Waals surface area (Å²) in [4.78, 5) is 9.12. The maximum atomic E-state index is 8.23. The molecule has 5 aromatic carbocycles. The molecule has 0 bridgehead atoms. The van der Waals surface area contributed by atoms with Crippen molar-refractivity contribution in [2.75, 3.05) is 0 Å². The molecule has 3 heterocycles. The summed E-state index contributed by atoms with van der Waals surface area (Å²) in [6, 6.07) is 51.1. The summed E-state index contributed by atoms with van der Waals surface area (Å²) in [6.45, 7) is -2.22. The molecule has 0 amide bonds. The molecule has 8 rings (SSSR count). The van der Waals surface area contributed by atoms with Crippen molar-refractivity contribution in [3.8, 4) is 44.8 Å². The number of pyridine rings is 2. The van der Waals surface area contributed by atoms with E-state index in [4.69, 9.17) is 4.11 Å². The molecular formula is C44H36GeIrN2S-2. The first kappa shape index (κ1) is 30.8. The molecule has 0 unspecified atom stereocenters. The summed E-state index contributed by atoms with van der Waals surface area (Å²) in [5.74, 6) is 7.14. The van der Waals surface area contributed by atoms with E-state index in [0.29, 0.717) is 5.56 Å². The number of rotatable bonds is 5. The Hall–Kier alpha value is -4.19. The van der Waals surface area contributed by atoms with Crippen LogP contribution in [0.15, 0.2) is 146 Å². The van der Waals surface area contributed by atoms with Gasteiger partial charge in [0.1, 0.15) is 0 Å². The van der Waals surface area contributed by atoms with E-state index in [9.17, 15) is 0 Å². The second-order valence-electron chi connectivity index (χ2n) is 12.7. The molecule has 0 aliphatic carbocycles. The average Bonchev–Trinajstić information content (AvgIpc) is 3.53. The summed E-state index contributed by atoms with van der Waals surface area (Å²) in [5.41, 5.74) is 8.33. The second kappa shape index (κ2) is 15.1. The molecule has 8 aromatic rings. The number of benzene rings is 5. The molecule has 0 aliphatic heterocycles. The van der Waals surface area contributed by atoms with Crippen molar-refractivity contribution in [1.29, 1.82) is 0 Å². The number of thiophene rings is 1. The van der Waals surface area contributed by atoms with E-state index in [1.165, 1.54) is 4.40 Å². The number of aryl methyl sites for hydroxylation is 1. The Bertz CT molecular complexity index is 2430. The van der Waals surface area contributed by atoms with Crippen LogP contribution < -0.4 is 4.40 Å². The van der Waals surface area contributed by atoms with Crippen LogP contribution in [0.5, 0.6) is 0 Å². The Kier molecular flexibility index (Phi) is 9.53. The van der Waals surface area contributed by atoms with Gasteiger partial charge in [-0.15, -0.1) is 23.8 Å². The van der Waals surface area contributed by atoms with E-state index in [1.807, 2.05) is 109 Å². The second-order valence-corrected chi connectivity index (χ2v) is 24.4. The molecule has 0 aliphatic rings. The molecule has 0 N–H and O–H groups in total. The Morgan fingerprint density at radius 3 is 2.04 bits per heavy atom. The first-order valence-electron chi connectivity index (χ1n) is 17.5. The number of hydrogen-bond acceptors (Lipinski definition) is 3. The molecular weight excluding hydrogens is 853 g/mol. The molecule has 0 saturated carbocycles. The van der Waals surface area contributed by atoms with E-state index in [0.717, 1.165) is 64.9 Å². The van der Waals surface area contributed by atoms with E-state index in [2.05, 4.69) is 75.8 Å². The van der Waals surface area contributed by atoms with Crippen molar-refractivity contribution >= 4 is 49.2 Å². The average molecular weight is 893 g/mol. The number of hydrogen-bond donors (Lipinski definition) is 0. The molecule has 0 spiro atoms. The first-order valence-corrected chi connectivity index (χ1v) is 24.1. The third kappa shape index (κ3) is 7.84. The summed E-state index contributed by atoms with van der Waals surface area (Å²) in [5, 5.41) is 1.71. The number of fused-ring (bicyclic) bond motifs is 3. The van der Waals surface area contributed by atoms with Crippen LogP contribution in [-0.4, -0.2) is 23.2 Å². The molecule has 5 heteroatoms. The molecule has 3 aromatic heterocycles. The zero-order valence-electron chi connectivity index (χ0n) is 30.5. The summed E-state index contributed by atoms with van der Waals surface area (Å²) < 4.78 is 28.0. The van der Waals surface area contributed by atoms with E-state index in [1.54, 1.807) is 11.3 Å². The Morgan fingerprint density at radius 2 is 1.39 bits per heavy atom. The number of aromatic nitrogens is 2. The van der Waals surface area contributed by atoms with Gasteiger partial charge in [-0.3, -0.25) is 0 Å². The topological polar surface area (TPSA) is 25.8 Å². The maximum absolute atomic E-state index is 8.23. The minimum Gasteiger partial charge on any atom is 0 e. The Balaban J connectivity index is 0.000000230. The molecule has 243 valence electrons. The van der Waals surface area contributed by atoms with Gasteiger partial charge in [0.25, 0.3) is 0 Å². The smallest absolute Gasteiger partial charge is 0 e. The predicted molar refractivity (Wildman–Crippen MR) is 208 cm³/mol. The number of nitrogens with zero attached hydrogens (tertiary/aromatic N) is 2. The fraction of sp³-hybridized carbons (Fsp3) is 0.0909. The van der Waals surface area contributed by atoms with Gasteiger partial charge in [-0.25, -0.2) is 0 Å². The van der Waals surface area contributed by atoms with Crippen molar-refractivity contribution in [2.24, 2.45) is 0 Å². The van der Waals surface area contributed by atoms with Crippen LogP contribution in [-0.2, 0) is 20.1 Å². The molecule has 49 heavy (non-hydrogen) atoms. The molecule has 2 nitrogen and oxygen atoms in total. The quantitative estimate of drug-likeness (QED) is 0.127. The van der Waals surface area contributed by atoms with Crippen LogP contribution in [0.3, 0.4) is 0 Å². The van der Waals surface area contributed by atoms with Gasteiger partial charge in [0.2, 0.25) is 0 Å². The largest absolute Gasteiger partial charge is 0 e. The molecule has 0 atom stereocenters. The standard InChI is InChI=1S/C30H20NS.C14H16GeN.Ir/c1-20-16-25(22-10-6-3-7-11-22)19-29-30(20)26-13-12-24(18-28(26)32-29)27-17-23(14-15-31-27)21-8-4-2-5-9-21;1-15(2,3)13-9-10-14(16-11-13)12-7-5-4-6-8-12;/h2-17,19H,1H3;4-7,9-11H,1-3H3;/q2*-1;/i1D3;;. The minimum absolute atomic E-state index is 0. The minimum atomic E-state index is -2.22. The van der Waals surface area contributed by atoms with Crippen molar-refractivity contribution in [2.45, 2.75) is 24.1 Å². The van der Waals surface area contributed by atoms with E-state index >= 15 is 0 Å². The maximum Gasteiger partial charge on any atom is 0 e. The SMILES string of the molecule is [2H]C([2H])([2H])c1cc(-c2ccccc2)cc2sc3[c-]c(-c4cc(-c5ccccc5)ccn4)ccc3c12.[CH3][Ge]([CH3])([CH3])[c]1ccc(-c2[c-]cccc2)nc1.[Ir]. The van der Waals surface area contributed by atoms with Gasteiger partial charge in [-0.1, -0.05) is 83.7 Å². The van der Waals surface area contributed by atoms with Crippen LogP contribution in [0.1, 0.15) is 9.68 Å². The molecule has 0 saturated heterocycles. The fourth-order valence-corrected chi connectivity index (χ4v) is 9.06. The van der Waals surface area contributed by atoms with Gasteiger partial charge in [0.05, 0.1) is 0 Å². The van der Waals surface area contributed by atoms with Crippen LogP contribution in [0.25, 0.3) is 64.9 Å². The zero-order chi connectivity index (χ0) is 35.6. The van der Waals surface area contributed by atoms with Crippen molar-refractivity contribution in [3.05, 3.63) is 164 Å². The van der Waals surface area contributed by atoms with Crippen molar-refractivity contribution in [1.82, 2.24) is 9.97 Å². The molecule has 1 radical (unpaired) electrons. The van der Waals surface area contributed by atoms with Crippen LogP contribution in [0.4, 0.5) is 0 Å². The summed E-state index contributed by atoms with van der Waals surface area (Å²) >= 11 is -0.139. The summed E-state index contributed by atoms with van der Waals surface area (Å²) in [7, 11) is 0. The molecule has 0 fully saturated rings. The van der Waals surface area contributed by atoms with E-state index in [-0.39, 0.29) is 20.1 Å². The Morgan fingerprint density at radius 1 is 0.653 bits per heavy atom. The van der Waals surface area contributed by atoms with E-state index < -0.39 is 20.1 Å². The predicted octanol–water partition coefficient (Wildman–Crippen LogP) is 11.7. The third-order valence-electron chi connectivity index (χ3n) is 8.36. The van der Waals surface area contributed by atoms with Crippen molar-refractivity contribution in [3.63, 3.8) is 0 Å². The van der Waals surface area contributed by atoms with Gasteiger partial charge in [0, 0.05) is 35.1 Å². The van der Waals surface area contributed by atoms with Gasteiger partial charge in [-0.2, -0.15) is 11.3 Å². The van der Waals surface area contributed by atoms with Gasteiger partial charge < -0.3 is 4.98 Å². The Labute approximate surface area is 313 Å². The van der Waals surface area contributed by atoms with Crippen LogP contribution in [0, 0.1) is 19.0 Å². The van der Waals surface area contributed by atoms with Crippen LogP contribution in [0.2, 0.25) is 17.3 Å². The first-order chi connectivity index (χ1) is 24.5. The fourth-order valence-electron chi connectivity index (χ4n) is 5.72.